The number of nitrogens with zero attached hydrogens (tertiary/aromatic N) is 2. The van der Waals surface area contributed by atoms with Gasteiger partial charge in [0.1, 0.15) is 23.4 Å². The lowest BCUT2D eigenvalue weighted by atomic mass is 10.1. The smallest absolute Gasteiger partial charge is 0.408 e. The van der Waals surface area contributed by atoms with Crippen molar-refractivity contribution in [1.29, 1.82) is 5.26 Å². The number of carbonyl (C=O) groups is 2. The molecule has 0 saturated heterocycles. The van der Waals surface area contributed by atoms with E-state index < -0.39 is 17.7 Å². The van der Waals surface area contributed by atoms with E-state index in [1.807, 2.05) is 13.0 Å². The van der Waals surface area contributed by atoms with Gasteiger partial charge in [-0.1, -0.05) is 19.8 Å². The molecule has 1 aliphatic rings. The largest absolute Gasteiger partial charge is 0.444 e. The molecule has 27 heavy (non-hydrogen) atoms. The summed E-state index contributed by atoms with van der Waals surface area (Å²) in [7, 11) is 0. The van der Waals surface area contributed by atoms with Gasteiger partial charge in [-0.2, -0.15) is 5.26 Å². The van der Waals surface area contributed by atoms with Crippen LogP contribution >= 0.6 is 0 Å². The van der Waals surface area contributed by atoms with Crippen molar-refractivity contribution in [3.63, 3.8) is 0 Å². The first kappa shape index (κ1) is 20.7. The van der Waals surface area contributed by atoms with E-state index in [1.54, 1.807) is 26.8 Å². The van der Waals surface area contributed by atoms with Crippen LogP contribution in [0.25, 0.3) is 0 Å². The molecule has 7 heteroatoms. The average Bonchev–Trinajstić information content (AvgIpc) is 3.41. The zero-order chi connectivity index (χ0) is 20.0. The second-order valence-electron chi connectivity index (χ2n) is 7.90. The highest BCUT2D eigenvalue weighted by molar-refractivity contribution is 5.97. The Bertz CT molecular complexity index is 730. The molecule has 2 amide bonds. The topological polar surface area (TPSA) is 104 Å². The minimum atomic E-state index is -0.680. The molecule has 0 aliphatic heterocycles. The third-order valence-electron chi connectivity index (χ3n) is 4.31. The van der Waals surface area contributed by atoms with Crippen LogP contribution in [0, 0.1) is 17.2 Å². The molecule has 2 rings (SSSR count). The molecule has 1 aromatic heterocycles. The molecule has 7 nitrogen and oxygen atoms in total. The fraction of sp³-hybridized carbons (Fsp3) is 0.600. The van der Waals surface area contributed by atoms with Gasteiger partial charge in [0.2, 0.25) is 5.91 Å². The highest BCUT2D eigenvalue weighted by Gasteiger charge is 2.28. The first-order valence-corrected chi connectivity index (χ1v) is 9.41. The molecular formula is C20H28N4O3. The maximum atomic E-state index is 12.8. The van der Waals surface area contributed by atoms with E-state index in [0.717, 1.165) is 12.0 Å². The Labute approximate surface area is 160 Å². The molecule has 1 unspecified atom stereocenters. The summed E-state index contributed by atoms with van der Waals surface area (Å²) in [5.74, 6) is 0.339. The summed E-state index contributed by atoms with van der Waals surface area (Å²) in [6.07, 6.45) is 5.34. The molecule has 1 fully saturated rings. The van der Waals surface area contributed by atoms with Crippen molar-refractivity contribution in [2.75, 3.05) is 5.32 Å². The summed E-state index contributed by atoms with van der Waals surface area (Å²) in [6.45, 7) is 7.28. The fourth-order valence-electron chi connectivity index (χ4n) is 2.71. The van der Waals surface area contributed by atoms with Crippen LogP contribution in [0.5, 0.6) is 0 Å². The third kappa shape index (κ3) is 6.89. The maximum Gasteiger partial charge on any atom is 0.408 e. The molecule has 1 aromatic rings. The highest BCUT2D eigenvalue weighted by Crippen LogP contribution is 2.34. The number of nitrogens with one attached hydrogen (secondary N) is 2. The number of aryl methyl sites for hydroxylation is 1. The van der Waals surface area contributed by atoms with Gasteiger partial charge in [0.15, 0.2) is 0 Å². The van der Waals surface area contributed by atoms with Gasteiger partial charge in [0.25, 0.3) is 0 Å². The maximum absolute atomic E-state index is 12.8. The number of hydrogen-bond acceptors (Lipinski definition) is 5. The first-order valence-electron chi connectivity index (χ1n) is 9.41. The quantitative estimate of drug-likeness (QED) is 0.762. The van der Waals surface area contributed by atoms with Crippen molar-refractivity contribution in [3.8, 4) is 6.07 Å². The van der Waals surface area contributed by atoms with Gasteiger partial charge >= 0.3 is 6.09 Å². The van der Waals surface area contributed by atoms with Crippen LogP contribution in [0.4, 0.5) is 10.5 Å². The molecule has 0 radical (unpaired) electrons. The average molecular weight is 372 g/mol. The normalized spacial score (nSPS) is 14.8. The summed E-state index contributed by atoms with van der Waals surface area (Å²) in [5.41, 5.74) is 1.06. The number of ether oxygens (including phenoxy) is 1. The van der Waals surface area contributed by atoms with Crippen LogP contribution in [-0.2, 0) is 16.0 Å². The van der Waals surface area contributed by atoms with Crippen LogP contribution in [0.1, 0.15) is 64.6 Å². The van der Waals surface area contributed by atoms with Crippen molar-refractivity contribution < 1.29 is 14.3 Å². The number of aromatic nitrogens is 1. The number of alkyl carbamates (subject to hydrolysis) is 1. The van der Waals surface area contributed by atoms with Crippen LogP contribution in [0.2, 0.25) is 0 Å². The first-order chi connectivity index (χ1) is 12.7. The van der Waals surface area contributed by atoms with E-state index in [1.165, 1.54) is 19.0 Å². The molecule has 0 spiro atoms. The Morgan fingerprint density at radius 3 is 2.67 bits per heavy atom. The van der Waals surface area contributed by atoms with E-state index >= 15 is 0 Å². The fourth-order valence-corrected chi connectivity index (χ4v) is 2.71. The zero-order valence-corrected chi connectivity index (χ0v) is 16.5. The third-order valence-corrected chi connectivity index (χ3v) is 4.31. The van der Waals surface area contributed by atoms with E-state index in [-0.39, 0.29) is 5.91 Å². The van der Waals surface area contributed by atoms with Gasteiger partial charge in [-0.25, -0.2) is 9.78 Å². The molecule has 1 heterocycles. The Morgan fingerprint density at radius 2 is 2.11 bits per heavy atom. The van der Waals surface area contributed by atoms with Crippen LogP contribution in [0.15, 0.2) is 12.3 Å². The molecule has 146 valence electrons. The van der Waals surface area contributed by atoms with E-state index in [9.17, 15) is 9.59 Å². The number of carbonyl (C=O) groups excluding carboxylic acids is 2. The number of amides is 2. The van der Waals surface area contributed by atoms with Crippen LogP contribution in [-0.4, -0.2) is 28.6 Å². The highest BCUT2D eigenvalue weighted by atomic mass is 16.6. The van der Waals surface area contributed by atoms with Crippen molar-refractivity contribution in [3.05, 3.63) is 23.5 Å². The van der Waals surface area contributed by atoms with Crippen molar-refractivity contribution >= 4 is 17.7 Å². The standard InChI is InChI=1S/C20H28N4O3/c1-5-14-10-15(11-21)22-12-17(14)23-18(25)16(9-8-13-6-7-13)24-19(26)27-20(2,3)4/h10,12-13,16H,5-9H2,1-4H3,(H,23,25)(H,24,26). The van der Waals surface area contributed by atoms with Crippen LogP contribution in [0.3, 0.4) is 0 Å². The van der Waals surface area contributed by atoms with Gasteiger partial charge < -0.3 is 15.4 Å². The summed E-state index contributed by atoms with van der Waals surface area (Å²) in [6, 6.07) is 2.98. The number of anilines is 1. The van der Waals surface area contributed by atoms with Crippen molar-refractivity contribution in [1.82, 2.24) is 10.3 Å². The van der Waals surface area contributed by atoms with Gasteiger partial charge in [0.05, 0.1) is 11.9 Å². The number of nitriles is 1. The van der Waals surface area contributed by atoms with Crippen LogP contribution < -0.4 is 10.6 Å². The lowest BCUT2D eigenvalue weighted by Gasteiger charge is -2.23. The van der Waals surface area contributed by atoms with E-state index in [2.05, 4.69) is 15.6 Å². The Kier molecular flexibility index (Phi) is 6.78. The van der Waals surface area contributed by atoms with Gasteiger partial charge in [-0.3, -0.25) is 4.79 Å². The zero-order valence-electron chi connectivity index (χ0n) is 16.5. The van der Waals surface area contributed by atoms with Gasteiger partial charge in [0, 0.05) is 0 Å². The lowest BCUT2D eigenvalue weighted by Crippen LogP contribution is -2.46. The predicted molar refractivity (Wildman–Crippen MR) is 102 cm³/mol. The Hall–Kier alpha value is -2.62. The van der Waals surface area contributed by atoms with Crippen molar-refractivity contribution in [2.24, 2.45) is 5.92 Å². The molecule has 1 saturated carbocycles. The minimum absolute atomic E-state index is 0.303. The number of rotatable bonds is 7. The lowest BCUT2D eigenvalue weighted by molar-refractivity contribution is -0.118. The van der Waals surface area contributed by atoms with Crippen molar-refractivity contribution in [2.45, 2.75) is 71.4 Å². The molecule has 2 N–H and O–H groups in total. The molecule has 0 bridgehead atoms. The SMILES string of the molecule is CCc1cc(C#N)ncc1NC(=O)C(CCC1CC1)NC(=O)OC(C)(C)C. The van der Waals surface area contributed by atoms with Gasteiger partial charge in [-0.05, 0) is 57.6 Å². The molecule has 1 aliphatic carbocycles. The monoisotopic (exact) mass is 372 g/mol. The number of hydrogen-bond donors (Lipinski definition) is 2. The van der Waals surface area contributed by atoms with Gasteiger partial charge in [-0.15, -0.1) is 0 Å². The predicted octanol–water partition coefficient (Wildman–Crippen LogP) is 3.54. The molecule has 1 atom stereocenters. The number of pyridine rings is 1. The van der Waals surface area contributed by atoms with E-state index in [4.69, 9.17) is 10.00 Å². The minimum Gasteiger partial charge on any atom is -0.444 e. The molecular weight excluding hydrogens is 344 g/mol. The summed E-state index contributed by atoms with van der Waals surface area (Å²) in [4.78, 5) is 29.0. The second kappa shape index (κ2) is 8.85. The molecule has 0 aromatic carbocycles. The summed E-state index contributed by atoms with van der Waals surface area (Å²) in [5, 5.41) is 14.5. The Morgan fingerprint density at radius 1 is 1.41 bits per heavy atom. The summed E-state index contributed by atoms with van der Waals surface area (Å²) < 4.78 is 5.29. The Balaban J connectivity index is 2.08. The second-order valence-corrected chi connectivity index (χ2v) is 7.90. The summed E-state index contributed by atoms with van der Waals surface area (Å²) >= 11 is 0. The van der Waals surface area contributed by atoms with E-state index in [0.29, 0.717) is 30.1 Å².